The van der Waals surface area contributed by atoms with E-state index in [0.717, 1.165) is 29.0 Å². The first-order chi connectivity index (χ1) is 14.1. The molecule has 0 unspecified atom stereocenters. The van der Waals surface area contributed by atoms with Crippen LogP contribution in [0.5, 0.6) is 11.5 Å². The fraction of sp³-hybridized carbons (Fsp3) is 0.409. The van der Waals surface area contributed by atoms with Gasteiger partial charge in [-0.2, -0.15) is 0 Å². The van der Waals surface area contributed by atoms with Crippen molar-refractivity contribution in [3.8, 4) is 11.5 Å². The number of hydrogen-bond donors (Lipinski definition) is 2. The highest BCUT2D eigenvalue weighted by Crippen LogP contribution is 2.24. The zero-order valence-electron chi connectivity index (χ0n) is 16.7. The van der Waals surface area contributed by atoms with E-state index in [-0.39, 0.29) is 5.92 Å². The minimum atomic E-state index is -0.863. The Morgan fingerprint density at radius 3 is 2.52 bits per heavy atom. The van der Waals surface area contributed by atoms with Crippen molar-refractivity contribution >= 4 is 11.8 Å². The Labute approximate surface area is 171 Å². The molecule has 7 heteroatoms. The average Bonchev–Trinajstić information content (AvgIpc) is 3.20. The van der Waals surface area contributed by atoms with Crippen LogP contribution in [-0.2, 0) is 18.0 Å². The highest BCUT2D eigenvalue weighted by Gasteiger charge is 2.26. The van der Waals surface area contributed by atoms with E-state index in [1.807, 2.05) is 49.4 Å². The van der Waals surface area contributed by atoms with Gasteiger partial charge in [-0.3, -0.25) is 0 Å². The minimum Gasteiger partial charge on any atom is -0.493 e. The van der Waals surface area contributed by atoms with E-state index < -0.39 is 6.09 Å². The number of rotatable bonds is 9. The molecule has 3 rings (SSSR count). The molecule has 1 aliphatic heterocycles. The number of nitrogens with zero attached hydrogens (tertiary/aromatic N) is 1. The highest BCUT2D eigenvalue weighted by molar-refractivity contribution is 5.65. The molecule has 2 aromatic carbocycles. The van der Waals surface area contributed by atoms with Gasteiger partial charge in [-0.05, 0) is 49.2 Å². The molecule has 3 N–H and O–H groups in total. The van der Waals surface area contributed by atoms with Gasteiger partial charge in [0.2, 0.25) is 0 Å². The summed E-state index contributed by atoms with van der Waals surface area (Å²) in [6, 6.07) is 13.2. The van der Waals surface area contributed by atoms with Crippen LogP contribution in [0.2, 0.25) is 0 Å². The number of carbonyl (C=O) groups is 1. The Morgan fingerprint density at radius 2 is 1.86 bits per heavy atom. The maximum absolute atomic E-state index is 11.0. The van der Waals surface area contributed by atoms with Gasteiger partial charge in [0.1, 0.15) is 18.1 Å². The number of nitrogen functional groups attached to an aromatic ring is 1. The maximum Gasteiger partial charge on any atom is 0.407 e. The minimum absolute atomic E-state index is 0.229. The van der Waals surface area contributed by atoms with Crippen LogP contribution in [0.3, 0.4) is 0 Å². The molecular weight excluding hydrogens is 372 g/mol. The van der Waals surface area contributed by atoms with Crippen molar-refractivity contribution in [2.24, 2.45) is 5.92 Å². The Bertz CT molecular complexity index is 809. The predicted octanol–water partition coefficient (Wildman–Crippen LogP) is 3.76. The van der Waals surface area contributed by atoms with E-state index in [4.69, 9.17) is 25.1 Å². The first-order valence-corrected chi connectivity index (χ1v) is 9.84. The molecule has 0 aliphatic carbocycles. The molecule has 29 heavy (non-hydrogen) atoms. The molecule has 0 saturated carbocycles. The molecule has 0 spiro atoms. The number of ether oxygens (including phenoxy) is 3. The second kappa shape index (κ2) is 10.0. The lowest BCUT2D eigenvalue weighted by molar-refractivity contribution is 0.132. The lowest BCUT2D eigenvalue weighted by atomic mass is 10.1. The standard InChI is InChI=1S/C22H28N2O5/c1-2-27-14-17-4-3-5-21(23)20(17)15-29-19-8-6-18(7-9-19)28-13-16-10-11-24(12-16)22(25)26/h3-9,16H,2,10-15,23H2,1H3,(H,25,26)/t16-/m1/s1. The molecule has 1 atom stereocenters. The molecular formula is C22H28N2O5. The molecule has 1 fully saturated rings. The lowest BCUT2D eigenvalue weighted by Crippen LogP contribution is -2.27. The van der Waals surface area contributed by atoms with Crippen molar-refractivity contribution in [2.45, 2.75) is 26.6 Å². The van der Waals surface area contributed by atoms with Crippen molar-refractivity contribution in [3.63, 3.8) is 0 Å². The molecule has 0 bridgehead atoms. The van der Waals surface area contributed by atoms with Crippen molar-refractivity contribution < 1.29 is 24.1 Å². The predicted molar refractivity (Wildman–Crippen MR) is 110 cm³/mol. The van der Waals surface area contributed by atoms with Crippen molar-refractivity contribution in [1.82, 2.24) is 4.90 Å². The van der Waals surface area contributed by atoms with Crippen LogP contribution in [0.25, 0.3) is 0 Å². The van der Waals surface area contributed by atoms with E-state index in [1.165, 1.54) is 4.90 Å². The maximum atomic E-state index is 11.0. The van der Waals surface area contributed by atoms with Gasteiger partial charge in [-0.1, -0.05) is 12.1 Å². The summed E-state index contributed by atoms with van der Waals surface area (Å²) in [7, 11) is 0. The largest absolute Gasteiger partial charge is 0.493 e. The molecule has 1 saturated heterocycles. The second-order valence-corrected chi connectivity index (χ2v) is 7.08. The molecule has 1 amide bonds. The molecule has 0 aromatic heterocycles. The normalized spacial score (nSPS) is 16.0. The summed E-state index contributed by atoms with van der Waals surface area (Å²) in [5, 5.41) is 9.01. The fourth-order valence-electron chi connectivity index (χ4n) is 3.32. The van der Waals surface area contributed by atoms with E-state index >= 15 is 0 Å². The Morgan fingerprint density at radius 1 is 1.14 bits per heavy atom. The van der Waals surface area contributed by atoms with Gasteiger partial charge in [0.05, 0.1) is 13.2 Å². The lowest BCUT2D eigenvalue weighted by Gasteiger charge is -2.15. The topological polar surface area (TPSA) is 94.3 Å². The smallest absolute Gasteiger partial charge is 0.407 e. The molecule has 1 aliphatic rings. The number of carboxylic acid groups (broad SMARTS) is 1. The van der Waals surface area contributed by atoms with Gasteiger partial charge in [-0.15, -0.1) is 0 Å². The highest BCUT2D eigenvalue weighted by atomic mass is 16.5. The SMILES string of the molecule is CCOCc1cccc(N)c1COc1ccc(OC[C@@H]2CCN(C(=O)O)C2)cc1. The number of benzene rings is 2. The van der Waals surface area contributed by atoms with Crippen LogP contribution in [0.4, 0.5) is 10.5 Å². The van der Waals surface area contributed by atoms with Crippen molar-refractivity contribution in [1.29, 1.82) is 0 Å². The number of amides is 1. The monoisotopic (exact) mass is 400 g/mol. The van der Waals surface area contributed by atoms with Gasteiger partial charge < -0.3 is 30.0 Å². The van der Waals surface area contributed by atoms with Gasteiger partial charge >= 0.3 is 6.09 Å². The van der Waals surface area contributed by atoms with Crippen LogP contribution in [-0.4, -0.2) is 42.4 Å². The summed E-state index contributed by atoms with van der Waals surface area (Å²) in [4.78, 5) is 12.4. The summed E-state index contributed by atoms with van der Waals surface area (Å²) in [6.07, 6.45) is -0.0340. The summed E-state index contributed by atoms with van der Waals surface area (Å²) in [5.74, 6) is 1.69. The first kappa shape index (κ1) is 20.8. The van der Waals surface area contributed by atoms with Gasteiger partial charge in [0.25, 0.3) is 0 Å². The van der Waals surface area contributed by atoms with Crippen LogP contribution >= 0.6 is 0 Å². The fourth-order valence-corrected chi connectivity index (χ4v) is 3.32. The molecule has 0 radical (unpaired) electrons. The second-order valence-electron chi connectivity index (χ2n) is 7.08. The Balaban J connectivity index is 1.51. The summed E-state index contributed by atoms with van der Waals surface area (Å²) in [6.45, 7) is 5.08. The third kappa shape index (κ3) is 5.77. The van der Waals surface area contributed by atoms with Crippen LogP contribution in [0.1, 0.15) is 24.5 Å². The molecule has 1 heterocycles. The third-order valence-corrected chi connectivity index (χ3v) is 5.02. The van der Waals surface area contributed by atoms with Gasteiger partial charge in [0.15, 0.2) is 0 Å². The zero-order valence-corrected chi connectivity index (χ0v) is 16.7. The molecule has 7 nitrogen and oxygen atoms in total. The molecule has 156 valence electrons. The Kier molecular flexibility index (Phi) is 7.19. The summed E-state index contributed by atoms with van der Waals surface area (Å²) in [5.41, 5.74) is 8.76. The zero-order chi connectivity index (χ0) is 20.6. The number of likely N-dealkylation sites (tertiary alicyclic amines) is 1. The van der Waals surface area contributed by atoms with E-state index in [2.05, 4.69) is 0 Å². The van der Waals surface area contributed by atoms with E-state index in [9.17, 15) is 4.79 Å². The van der Waals surface area contributed by atoms with Crippen LogP contribution < -0.4 is 15.2 Å². The molecule has 2 aromatic rings. The number of anilines is 1. The van der Waals surface area contributed by atoms with Gasteiger partial charge in [0, 0.05) is 36.9 Å². The Hall–Kier alpha value is -2.93. The first-order valence-electron chi connectivity index (χ1n) is 9.84. The summed E-state index contributed by atoms with van der Waals surface area (Å²) >= 11 is 0. The van der Waals surface area contributed by atoms with E-state index in [0.29, 0.717) is 45.2 Å². The average molecular weight is 400 g/mol. The number of nitrogens with two attached hydrogens (primary N) is 1. The van der Waals surface area contributed by atoms with Crippen LogP contribution in [0, 0.1) is 5.92 Å². The quantitative estimate of drug-likeness (QED) is 0.623. The number of hydrogen-bond acceptors (Lipinski definition) is 5. The van der Waals surface area contributed by atoms with E-state index in [1.54, 1.807) is 0 Å². The van der Waals surface area contributed by atoms with Crippen LogP contribution in [0.15, 0.2) is 42.5 Å². The third-order valence-electron chi connectivity index (χ3n) is 5.02. The van der Waals surface area contributed by atoms with Crippen molar-refractivity contribution in [2.75, 3.05) is 32.0 Å². The van der Waals surface area contributed by atoms with Gasteiger partial charge in [-0.25, -0.2) is 4.79 Å². The summed E-state index contributed by atoms with van der Waals surface area (Å²) < 4.78 is 17.2. The van der Waals surface area contributed by atoms with Crippen molar-refractivity contribution in [3.05, 3.63) is 53.6 Å².